The SMILES string of the molecule is CCOc1ccc(NC(CNS(=O)(=O)c2ccccc2)c2ccccc2)cc1. The summed E-state index contributed by atoms with van der Waals surface area (Å²) in [5, 5.41) is 3.41. The van der Waals surface area contributed by atoms with Crippen LogP contribution in [-0.2, 0) is 10.0 Å². The van der Waals surface area contributed by atoms with Crippen LogP contribution in [0.3, 0.4) is 0 Å². The zero-order valence-electron chi connectivity index (χ0n) is 15.7. The molecule has 0 amide bonds. The largest absolute Gasteiger partial charge is 0.494 e. The predicted molar refractivity (Wildman–Crippen MR) is 112 cm³/mol. The molecule has 0 spiro atoms. The fourth-order valence-corrected chi connectivity index (χ4v) is 3.90. The number of ether oxygens (including phenoxy) is 1. The molecule has 0 saturated carbocycles. The first-order valence-corrected chi connectivity index (χ1v) is 10.7. The average Bonchev–Trinajstić information content (AvgIpc) is 2.74. The first-order valence-electron chi connectivity index (χ1n) is 9.17. The van der Waals surface area contributed by atoms with Crippen molar-refractivity contribution in [2.75, 3.05) is 18.5 Å². The Balaban J connectivity index is 1.76. The zero-order valence-corrected chi connectivity index (χ0v) is 16.5. The molecule has 146 valence electrons. The molecule has 0 bridgehead atoms. The van der Waals surface area contributed by atoms with E-state index in [0.717, 1.165) is 17.0 Å². The fraction of sp³-hybridized carbons (Fsp3) is 0.182. The lowest BCUT2D eigenvalue weighted by atomic mass is 10.1. The summed E-state index contributed by atoms with van der Waals surface area (Å²) in [4.78, 5) is 0.253. The Kier molecular flexibility index (Phi) is 6.68. The van der Waals surface area contributed by atoms with Gasteiger partial charge in [0.1, 0.15) is 5.75 Å². The van der Waals surface area contributed by atoms with E-state index in [4.69, 9.17) is 4.74 Å². The third-order valence-electron chi connectivity index (χ3n) is 4.24. The Morgan fingerprint density at radius 3 is 2.07 bits per heavy atom. The van der Waals surface area contributed by atoms with E-state index in [2.05, 4.69) is 10.0 Å². The molecule has 5 nitrogen and oxygen atoms in total. The van der Waals surface area contributed by atoms with Crippen molar-refractivity contribution in [3.05, 3.63) is 90.5 Å². The number of hydrogen-bond acceptors (Lipinski definition) is 4. The van der Waals surface area contributed by atoms with E-state index in [1.54, 1.807) is 30.3 Å². The van der Waals surface area contributed by atoms with E-state index >= 15 is 0 Å². The van der Waals surface area contributed by atoms with Crippen LogP contribution < -0.4 is 14.8 Å². The quantitative estimate of drug-likeness (QED) is 0.568. The molecule has 1 atom stereocenters. The van der Waals surface area contributed by atoms with Crippen molar-refractivity contribution in [3.63, 3.8) is 0 Å². The summed E-state index contributed by atoms with van der Waals surface area (Å²) in [6.45, 7) is 2.77. The maximum Gasteiger partial charge on any atom is 0.240 e. The molecule has 0 radical (unpaired) electrons. The van der Waals surface area contributed by atoms with Crippen LogP contribution in [0.2, 0.25) is 0 Å². The molecule has 0 saturated heterocycles. The van der Waals surface area contributed by atoms with E-state index in [9.17, 15) is 8.42 Å². The predicted octanol–water partition coefficient (Wildman–Crippen LogP) is 4.22. The van der Waals surface area contributed by atoms with Gasteiger partial charge >= 0.3 is 0 Å². The van der Waals surface area contributed by atoms with Gasteiger partial charge in [-0.15, -0.1) is 0 Å². The van der Waals surface area contributed by atoms with E-state index < -0.39 is 10.0 Å². The third-order valence-corrected chi connectivity index (χ3v) is 5.68. The number of rotatable bonds is 9. The van der Waals surface area contributed by atoms with Crippen molar-refractivity contribution in [1.29, 1.82) is 0 Å². The summed E-state index contributed by atoms with van der Waals surface area (Å²) in [6.07, 6.45) is 0. The Morgan fingerprint density at radius 1 is 0.857 bits per heavy atom. The van der Waals surface area contributed by atoms with Gasteiger partial charge in [-0.05, 0) is 48.9 Å². The van der Waals surface area contributed by atoms with Crippen molar-refractivity contribution >= 4 is 15.7 Å². The highest BCUT2D eigenvalue weighted by atomic mass is 32.2. The Labute approximate surface area is 166 Å². The first kappa shape index (κ1) is 19.9. The smallest absolute Gasteiger partial charge is 0.240 e. The molecule has 1 unspecified atom stereocenters. The van der Waals surface area contributed by atoms with Crippen LogP contribution in [0.15, 0.2) is 89.8 Å². The van der Waals surface area contributed by atoms with Crippen LogP contribution >= 0.6 is 0 Å². The summed E-state index contributed by atoms with van der Waals surface area (Å²) in [6, 6.07) is 25.5. The number of benzene rings is 3. The summed E-state index contributed by atoms with van der Waals surface area (Å²) >= 11 is 0. The molecule has 28 heavy (non-hydrogen) atoms. The first-order chi connectivity index (χ1) is 13.6. The van der Waals surface area contributed by atoms with E-state index in [1.165, 1.54) is 0 Å². The molecule has 0 heterocycles. The minimum absolute atomic E-state index is 0.217. The van der Waals surface area contributed by atoms with Crippen molar-refractivity contribution in [1.82, 2.24) is 4.72 Å². The van der Waals surface area contributed by atoms with Gasteiger partial charge in [-0.1, -0.05) is 48.5 Å². The monoisotopic (exact) mass is 396 g/mol. The van der Waals surface area contributed by atoms with Gasteiger partial charge in [-0.2, -0.15) is 0 Å². The zero-order chi connectivity index (χ0) is 19.8. The van der Waals surface area contributed by atoms with Crippen LogP contribution in [0.5, 0.6) is 5.75 Å². The Morgan fingerprint density at radius 2 is 1.46 bits per heavy atom. The second kappa shape index (κ2) is 9.39. The Bertz CT molecular complexity index is 960. The van der Waals surface area contributed by atoms with Gasteiger partial charge < -0.3 is 10.1 Å². The number of sulfonamides is 1. The second-order valence-electron chi connectivity index (χ2n) is 6.23. The van der Waals surface area contributed by atoms with Crippen LogP contribution in [0.25, 0.3) is 0 Å². The molecule has 0 fully saturated rings. The van der Waals surface area contributed by atoms with Crippen LogP contribution in [0, 0.1) is 0 Å². The second-order valence-corrected chi connectivity index (χ2v) is 8.00. The third kappa shape index (κ3) is 5.34. The molecule has 0 aliphatic heterocycles. The summed E-state index contributed by atoms with van der Waals surface area (Å²) in [7, 11) is -3.58. The summed E-state index contributed by atoms with van der Waals surface area (Å²) in [5.74, 6) is 0.800. The van der Waals surface area contributed by atoms with Crippen molar-refractivity contribution in [2.24, 2.45) is 0 Å². The fourth-order valence-electron chi connectivity index (χ4n) is 2.83. The van der Waals surface area contributed by atoms with Gasteiger partial charge in [-0.25, -0.2) is 13.1 Å². The lowest BCUT2D eigenvalue weighted by Crippen LogP contribution is -2.31. The van der Waals surface area contributed by atoms with E-state index in [1.807, 2.05) is 61.5 Å². The molecule has 0 aliphatic carbocycles. The number of hydrogen-bond donors (Lipinski definition) is 2. The van der Waals surface area contributed by atoms with Gasteiger partial charge in [0.15, 0.2) is 0 Å². The number of anilines is 1. The highest BCUT2D eigenvalue weighted by Crippen LogP contribution is 2.22. The van der Waals surface area contributed by atoms with Gasteiger partial charge in [0, 0.05) is 12.2 Å². The van der Waals surface area contributed by atoms with Crippen molar-refractivity contribution in [3.8, 4) is 5.75 Å². The minimum Gasteiger partial charge on any atom is -0.494 e. The highest BCUT2D eigenvalue weighted by molar-refractivity contribution is 7.89. The van der Waals surface area contributed by atoms with Gasteiger partial charge in [0.25, 0.3) is 0 Å². The van der Waals surface area contributed by atoms with Gasteiger partial charge in [0.2, 0.25) is 10.0 Å². The van der Waals surface area contributed by atoms with E-state index in [0.29, 0.717) is 6.61 Å². The van der Waals surface area contributed by atoms with Crippen LogP contribution in [0.1, 0.15) is 18.5 Å². The van der Waals surface area contributed by atoms with Crippen molar-refractivity contribution < 1.29 is 13.2 Å². The topological polar surface area (TPSA) is 67.4 Å². The number of nitrogens with one attached hydrogen (secondary N) is 2. The Hall–Kier alpha value is -2.83. The molecular weight excluding hydrogens is 372 g/mol. The molecule has 6 heteroatoms. The molecule has 0 aliphatic rings. The normalized spacial score (nSPS) is 12.3. The summed E-state index contributed by atoms with van der Waals surface area (Å²) in [5.41, 5.74) is 1.88. The highest BCUT2D eigenvalue weighted by Gasteiger charge is 2.18. The standard InChI is InChI=1S/C22H24N2O3S/c1-2-27-20-15-13-19(14-16-20)24-22(18-9-5-3-6-10-18)17-23-28(25,26)21-11-7-4-8-12-21/h3-16,22-24H,2,17H2,1H3. The maximum atomic E-state index is 12.6. The molecule has 3 aromatic carbocycles. The lowest BCUT2D eigenvalue weighted by molar-refractivity contribution is 0.340. The maximum absolute atomic E-state index is 12.6. The molecular formula is C22H24N2O3S. The molecule has 0 aromatic heterocycles. The van der Waals surface area contributed by atoms with Crippen LogP contribution in [0.4, 0.5) is 5.69 Å². The van der Waals surface area contributed by atoms with Gasteiger partial charge in [-0.3, -0.25) is 0 Å². The molecule has 3 rings (SSSR count). The molecule has 2 N–H and O–H groups in total. The van der Waals surface area contributed by atoms with Gasteiger partial charge in [0.05, 0.1) is 17.5 Å². The molecule has 3 aromatic rings. The minimum atomic E-state index is -3.58. The van der Waals surface area contributed by atoms with Crippen LogP contribution in [-0.4, -0.2) is 21.6 Å². The summed E-state index contributed by atoms with van der Waals surface area (Å²) < 4.78 is 33.3. The van der Waals surface area contributed by atoms with Crippen molar-refractivity contribution in [2.45, 2.75) is 17.9 Å². The lowest BCUT2D eigenvalue weighted by Gasteiger charge is -2.21. The van der Waals surface area contributed by atoms with E-state index in [-0.39, 0.29) is 17.5 Å². The average molecular weight is 397 g/mol.